The Kier molecular flexibility index (Phi) is 9.18. The normalized spacial score (nSPS) is 19.2. The molecule has 7 rings (SSSR count). The van der Waals surface area contributed by atoms with Crippen LogP contribution in [0.4, 0.5) is 14.9 Å². The second kappa shape index (κ2) is 13.9. The van der Waals surface area contributed by atoms with Crippen LogP contribution < -0.4 is 15.0 Å². The van der Waals surface area contributed by atoms with Crippen molar-refractivity contribution in [1.29, 1.82) is 0 Å². The zero-order valence-corrected chi connectivity index (χ0v) is 28.0. The Balaban J connectivity index is 1.09. The molecule has 2 atom stereocenters. The number of urea groups is 1. The molecule has 2 N–H and O–H groups in total. The molecule has 2 saturated heterocycles. The lowest BCUT2D eigenvalue weighted by Gasteiger charge is -2.38. The zero-order valence-electron chi connectivity index (χ0n) is 26.5. The molecule has 13 nitrogen and oxygen atoms in total. The summed E-state index contributed by atoms with van der Waals surface area (Å²) in [7, 11) is 1.29. The Labute approximate surface area is 294 Å². The van der Waals surface area contributed by atoms with Crippen molar-refractivity contribution in [3.63, 3.8) is 0 Å². The first-order valence-electron chi connectivity index (χ1n) is 15.5. The van der Waals surface area contributed by atoms with Gasteiger partial charge in [-0.1, -0.05) is 17.7 Å². The van der Waals surface area contributed by atoms with Crippen molar-refractivity contribution < 1.29 is 33.4 Å². The zero-order chi connectivity index (χ0) is 34.9. The summed E-state index contributed by atoms with van der Waals surface area (Å²) in [5, 5.41) is 15.0. The molecule has 3 aliphatic rings. The number of carboxylic acid groups (broad SMARTS) is 1. The van der Waals surface area contributed by atoms with E-state index in [1.54, 1.807) is 41.6 Å². The minimum Gasteiger partial charge on any atom is -0.478 e. The van der Waals surface area contributed by atoms with Crippen LogP contribution in [-0.2, 0) is 9.53 Å². The number of amidine groups is 1. The second-order valence-electron chi connectivity index (χ2n) is 11.7. The van der Waals surface area contributed by atoms with Crippen molar-refractivity contribution >= 4 is 52.4 Å². The number of carbonyl (C=O) groups excluding carboxylic acids is 2. The molecule has 0 spiro atoms. The molecule has 0 radical (unpaired) electrons. The highest BCUT2D eigenvalue weighted by Crippen LogP contribution is 2.37. The van der Waals surface area contributed by atoms with Gasteiger partial charge < -0.3 is 24.8 Å². The van der Waals surface area contributed by atoms with Gasteiger partial charge >= 0.3 is 18.0 Å². The van der Waals surface area contributed by atoms with Crippen molar-refractivity contribution in [2.75, 3.05) is 44.7 Å². The van der Waals surface area contributed by atoms with Crippen LogP contribution in [0.5, 0.6) is 11.6 Å². The molecule has 0 aliphatic carbocycles. The molecule has 16 heteroatoms. The predicted molar refractivity (Wildman–Crippen MR) is 182 cm³/mol. The highest BCUT2D eigenvalue weighted by atomic mass is 35.5. The van der Waals surface area contributed by atoms with Gasteiger partial charge in [-0.2, -0.15) is 0 Å². The number of piperazine rings is 1. The van der Waals surface area contributed by atoms with Gasteiger partial charge in [0.2, 0.25) is 5.88 Å². The van der Waals surface area contributed by atoms with E-state index in [1.165, 1.54) is 48.8 Å². The number of hydrogen-bond acceptors (Lipinski definition) is 11. The Morgan fingerprint density at radius 2 is 1.92 bits per heavy atom. The van der Waals surface area contributed by atoms with Gasteiger partial charge in [-0.15, -0.1) is 11.3 Å². The number of carboxylic acids is 1. The highest BCUT2D eigenvalue weighted by molar-refractivity contribution is 7.11. The summed E-state index contributed by atoms with van der Waals surface area (Å²) >= 11 is 7.87. The fourth-order valence-electron chi connectivity index (χ4n) is 6.20. The maximum Gasteiger partial charge on any atom is 0.338 e. The number of ether oxygens (including phenoxy) is 2. The topological polar surface area (TPSA) is 150 Å². The number of rotatable bonds is 9. The summed E-state index contributed by atoms with van der Waals surface area (Å²) in [5.74, 6) is -0.964. The summed E-state index contributed by atoms with van der Waals surface area (Å²) < 4.78 is 25.0. The quantitative estimate of drug-likeness (QED) is 0.228. The summed E-state index contributed by atoms with van der Waals surface area (Å²) in [6.07, 6.45) is 3.22. The number of esters is 1. The summed E-state index contributed by atoms with van der Waals surface area (Å²) in [6.45, 7) is 2.25. The average molecular weight is 718 g/mol. The molecule has 0 saturated carbocycles. The van der Waals surface area contributed by atoms with E-state index in [2.05, 4.69) is 20.2 Å². The van der Waals surface area contributed by atoms with E-state index >= 15 is 0 Å². The number of hydrogen-bond donors (Lipinski definition) is 2. The SMILES string of the molecule is COC(=O)C1=C(CN2CCN3C(=O)N(c4ccc(Oc5ccc(C(=O)O)cc5)nc4)CC3C2)NC(c2nccs2)=NC1c1ccc(F)cc1Cl. The standard InChI is InChI=1S/C34H29ClFN7O6S/c1-48-33(46)28-26(39-30(31-37-10-13-50-31)40-29(28)24-8-4-20(36)14-25(24)35)18-41-11-12-42-22(16-41)17-43(34(42)47)21-5-9-27(38-15-21)49-23-6-2-19(3-7-23)32(44)45/h2-10,13-15,22,29H,11-12,16-18H2,1H3,(H,39,40)(H,44,45). The molecule has 2 unspecified atom stereocenters. The minimum atomic E-state index is -1.03. The molecule has 2 amide bonds. The summed E-state index contributed by atoms with van der Waals surface area (Å²) in [6, 6.07) is 12.2. The first-order valence-corrected chi connectivity index (χ1v) is 16.7. The minimum absolute atomic E-state index is 0.126. The number of aliphatic imine (C=N–C) groups is 1. The molecule has 2 fully saturated rings. The number of halogens is 2. The molecular formula is C34H29ClFN7O6S. The number of carbonyl (C=O) groups is 3. The van der Waals surface area contributed by atoms with Gasteiger partial charge in [-0.3, -0.25) is 14.8 Å². The fraction of sp³-hybridized carbons (Fsp3) is 0.235. The number of amides is 2. The highest BCUT2D eigenvalue weighted by Gasteiger charge is 2.42. The third-order valence-corrected chi connectivity index (χ3v) is 9.71. The smallest absolute Gasteiger partial charge is 0.338 e. The summed E-state index contributed by atoms with van der Waals surface area (Å²) in [4.78, 5) is 57.1. The van der Waals surface area contributed by atoms with Gasteiger partial charge in [0.05, 0.1) is 36.2 Å². The Morgan fingerprint density at radius 3 is 2.60 bits per heavy atom. The van der Waals surface area contributed by atoms with Crippen LogP contribution in [0.15, 0.2) is 88.6 Å². The second-order valence-corrected chi connectivity index (χ2v) is 13.0. The van der Waals surface area contributed by atoms with Gasteiger partial charge in [-0.05, 0) is 42.5 Å². The first kappa shape index (κ1) is 33.1. The van der Waals surface area contributed by atoms with Crippen molar-refractivity contribution in [2.45, 2.75) is 12.1 Å². The molecule has 5 heterocycles. The molecule has 0 bridgehead atoms. The third-order valence-electron chi connectivity index (χ3n) is 8.60. The Hall–Kier alpha value is -5.38. The number of thiazole rings is 1. The third kappa shape index (κ3) is 6.62. The number of fused-ring (bicyclic) bond motifs is 1. The fourth-order valence-corrected chi connectivity index (χ4v) is 7.06. The van der Waals surface area contributed by atoms with E-state index in [0.29, 0.717) is 72.1 Å². The largest absolute Gasteiger partial charge is 0.478 e. The van der Waals surface area contributed by atoms with Gasteiger partial charge in [0.25, 0.3) is 0 Å². The van der Waals surface area contributed by atoms with Crippen molar-refractivity contribution in [3.8, 4) is 11.6 Å². The van der Waals surface area contributed by atoms with E-state index in [9.17, 15) is 18.8 Å². The van der Waals surface area contributed by atoms with E-state index in [0.717, 1.165) is 0 Å². The number of aromatic nitrogens is 2. The number of nitrogens with zero attached hydrogens (tertiary/aromatic N) is 6. The number of aromatic carboxylic acids is 1. The van der Waals surface area contributed by atoms with Crippen LogP contribution in [0.3, 0.4) is 0 Å². The lowest BCUT2D eigenvalue weighted by molar-refractivity contribution is -0.136. The monoisotopic (exact) mass is 717 g/mol. The maximum absolute atomic E-state index is 14.0. The van der Waals surface area contributed by atoms with Crippen LogP contribution in [0.1, 0.15) is 27.0 Å². The van der Waals surface area contributed by atoms with E-state index in [4.69, 9.17) is 31.2 Å². The summed E-state index contributed by atoms with van der Waals surface area (Å²) in [5.41, 5.74) is 2.00. The molecule has 3 aliphatic heterocycles. The van der Waals surface area contributed by atoms with E-state index in [-0.39, 0.29) is 28.2 Å². The molecule has 50 heavy (non-hydrogen) atoms. The molecular weight excluding hydrogens is 689 g/mol. The predicted octanol–water partition coefficient (Wildman–Crippen LogP) is 4.97. The molecule has 4 aromatic rings. The lowest BCUT2D eigenvalue weighted by atomic mass is 9.95. The van der Waals surface area contributed by atoms with Crippen LogP contribution in [0, 0.1) is 5.82 Å². The van der Waals surface area contributed by atoms with Gasteiger partial charge in [0.1, 0.15) is 17.6 Å². The molecule has 2 aromatic carbocycles. The van der Waals surface area contributed by atoms with Gasteiger partial charge in [-0.25, -0.2) is 28.7 Å². The molecule has 2 aromatic heterocycles. The van der Waals surface area contributed by atoms with Crippen molar-refractivity contribution in [2.24, 2.45) is 4.99 Å². The molecule has 256 valence electrons. The van der Waals surface area contributed by atoms with Crippen LogP contribution in [0.2, 0.25) is 5.02 Å². The Morgan fingerprint density at radius 1 is 1.10 bits per heavy atom. The van der Waals surface area contributed by atoms with Crippen molar-refractivity contribution in [3.05, 3.63) is 111 Å². The van der Waals surface area contributed by atoms with Crippen molar-refractivity contribution in [1.82, 2.24) is 25.1 Å². The number of anilines is 1. The Bertz CT molecular complexity index is 2010. The lowest BCUT2D eigenvalue weighted by Crippen LogP contribution is -2.53. The van der Waals surface area contributed by atoms with Crippen LogP contribution in [-0.4, -0.2) is 94.6 Å². The number of benzene rings is 2. The van der Waals surface area contributed by atoms with E-state index < -0.39 is 23.8 Å². The number of nitrogens with one attached hydrogen (secondary N) is 1. The number of pyridine rings is 1. The first-order chi connectivity index (χ1) is 24.2. The van der Waals surface area contributed by atoms with E-state index in [1.807, 2.05) is 10.3 Å². The van der Waals surface area contributed by atoms with Gasteiger partial charge in [0, 0.05) is 66.7 Å². The average Bonchev–Trinajstić information content (AvgIpc) is 3.77. The number of methoxy groups -OCH3 is 1. The van der Waals surface area contributed by atoms with Gasteiger partial charge in [0.15, 0.2) is 10.8 Å². The van der Waals surface area contributed by atoms with Crippen LogP contribution >= 0.6 is 22.9 Å². The van der Waals surface area contributed by atoms with Crippen LogP contribution in [0.25, 0.3) is 0 Å². The maximum atomic E-state index is 14.0.